The van der Waals surface area contributed by atoms with E-state index in [0.717, 1.165) is 0 Å². The van der Waals surface area contributed by atoms with Crippen molar-refractivity contribution in [3.05, 3.63) is 28.2 Å². The number of benzene rings is 1. The second-order valence-electron chi connectivity index (χ2n) is 3.24. The van der Waals surface area contributed by atoms with Crippen LogP contribution in [0.5, 0.6) is 5.75 Å². The number of ether oxygens (including phenoxy) is 1. The van der Waals surface area contributed by atoms with E-state index in [4.69, 9.17) is 27.9 Å². The Bertz CT molecular complexity index is 477. The predicted molar refractivity (Wildman–Crippen MR) is 77.8 cm³/mol. The molecule has 0 saturated heterocycles. The molecule has 1 amide bonds. The molecule has 0 fully saturated rings. The largest absolute Gasteiger partial charge is 1.00 e. The number of hydrogen-bond acceptors (Lipinski definition) is 4. The average Bonchev–Trinajstić information content (AvgIpc) is 2.29. The van der Waals surface area contributed by atoms with Gasteiger partial charge in [0.2, 0.25) is 0 Å². The molecule has 19 heavy (non-hydrogen) atoms. The van der Waals surface area contributed by atoms with Gasteiger partial charge in [-0.2, -0.15) is 0 Å². The zero-order chi connectivity index (χ0) is 13.7. The fraction of sp³-hybridized carbons (Fsp3) is 0.200. The van der Waals surface area contributed by atoms with E-state index in [-0.39, 0.29) is 55.7 Å². The topological polar surface area (TPSA) is 50.4 Å². The summed E-state index contributed by atoms with van der Waals surface area (Å²) in [5.74, 6) is -0.0575. The minimum atomic E-state index is -0.763. The summed E-state index contributed by atoms with van der Waals surface area (Å²) in [5, 5.41) is 0.816. The maximum atomic E-state index is 11.6. The summed E-state index contributed by atoms with van der Waals surface area (Å²) in [6.07, 6.45) is -0.763. The van der Waals surface area contributed by atoms with Crippen molar-refractivity contribution < 1.29 is 60.9 Å². The van der Waals surface area contributed by atoms with Gasteiger partial charge in [-0.3, -0.25) is 10.2 Å². The number of rotatable bonds is 3. The van der Waals surface area contributed by atoms with Crippen LogP contribution in [-0.2, 0) is 17.4 Å². The number of halogens is 2. The van der Waals surface area contributed by atoms with Gasteiger partial charge in [0, 0.05) is 5.02 Å². The minimum Gasteiger partial charge on any atom is -0.479 e. The second-order valence-corrected chi connectivity index (χ2v) is 5.16. The maximum absolute atomic E-state index is 11.6. The van der Waals surface area contributed by atoms with E-state index in [1.807, 2.05) is 0 Å². The first-order valence-corrected chi connectivity index (χ1v) is 6.36. The van der Waals surface area contributed by atoms with Crippen LogP contribution in [0.15, 0.2) is 18.2 Å². The monoisotopic (exact) mass is 362 g/mol. The Morgan fingerprint density at radius 3 is 2.58 bits per heavy atom. The molecule has 1 aromatic carbocycles. The third kappa shape index (κ3) is 7.40. The number of nitrogens with one attached hydrogen (secondary N) is 2. The van der Waals surface area contributed by atoms with Gasteiger partial charge >= 0.3 is 51.4 Å². The molecular formula is C10H9Cl2KN2O2S2. The van der Waals surface area contributed by atoms with Crippen molar-refractivity contribution in [3.8, 4) is 5.75 Å². The van der Waals surface area contributed by atoms with Crippen LogP contribution >= 0.6 is 35.4 Å². The molecule has 0 radical (unpaired) electrons. The van der Waals surface area contributed by atoms with E-state index in [1.54, 1.807) is 19.1 Å². The number of amides is 1. The Morgan fingerprint density at radius 1 is 1.42 bits per heavy atom. The predicted octanol–water partition coefficient (Wildman–Crippen LogP) is -0.783. The van der Waals surface area contributed by atoms with Crippen molar-refractivity contribution in [2.24, 2.45) is 0 Å². The summed E-state index contributed by atoms with van der Waals surface area (Å²) in [5.41, 5.74) is 4.65. The van der Waals surface area contributed by atoms with Gasteiger partial charge in [0.25, 0.3) is 5.91 Å². The number of thiocarbonyl (C=S) groups is 1. The number of carbonyl (C=O) groups excluding carboxylic acids is 1. The van der Waals surface area contributed by atoms with Crippen molar-refractivity contribution >= 4 is 58.3 Å². The molecule has 0 spiro atoms. The Morgan fingerprint density at radius 2 is 2.05 bits per heavy atom. The fourth-order valence-electron chi connectivity index (χ4n) is 1.03. The minimum absolute atomic E-state index is 0. The molecule has 1 unspecified atom stereocenters. The molecule has 0 aromatic heterocycles. The quantitative estimate of drug-likeness (QED) is 0.319. The van der Waals surface area contributed by atoms with Crippen molar-refractivity contribution in [2.45, 2.75) is 13.0 Å². The van der Waals surface area contributed by atoms with E-state index in [2.05, 4.69) is 35.7 Å². The zero-order valence-corrected chi connectivity index (χ0v) is 16.5. The van der Waals surface area contributed by atoms with Crippen LogP contribution < -0.4 is 67.0 Å². The summed E-state index contributed by atoms with van der Waals surface area (Å²) in [4.78, 5) is 11.6. The third-order valence-electron chi connectivity index (χ3n) is 1.85. The smallest absolute Gasteiger partial charge is 0.479 e. The van der Waals surface area contributed by atoms with Gasteiger partial charge in [0.1, 0.15) is 5.75 Å². The van der Waals surface area contributed by atoms with Crippen LogP contribution in [0, 0.1) is 0 Å². The van der Waals surface area contributed by atoms with E-state index < -0.39 is 12.0 Å². The number of hydrazine groups is 1. The SMILES string of the molecule is CC(Oc1ccc(Cl)cc1Cl)C(=O)NNC(=S)[S-].[K+]. The Balaban J connectivity index is 0.00000324. The summed E-state index contributed by atoms with van der Waals surface area (Å²) in [6.45, 7) is 1.56. The standard InChI is InChI=1S/C10H10Cl2N2O2S2.K/c1-5(9(15)13-14-10(17)18)16-8-3-2-6(11)4-7(8)12;/h2-5H,1H3,(H,13,15)(H2,14,17,18);/q;+1/p-1. The molecule has 98 valence electrons. The Hall–Kier alpha value is 0.816. The molecule has 0 aliphatic carbocycles. The van der Waals surface area contributed by atoms with Crippen molar-refractivity contribution in [1.82, 2.24) is 10.9 Å². The second kappa shape index (κ2) is 9.70. The number of carbonyl (C=O) groups is 1. The van der Waals surface area contributed by atoms with Crippen LogP contribution in [-0.4, -0.2) is 16.3 Å². The van der Waals surface area contributed by atoms with Gasteiger partial charge in [-0.25, -0.2) is 0 Å². The maximum Gasteiger partial charge on any atom is 1.00 e. The normalized spacial score (nSPS) is 10.9. The van der Waals surface area contributed by atoms with Crippen LogP contribution in [0.3, 0.4) is 0 Å². The molecule has 0 aliphatic rings. The molecule has 0 bridgehead atoms. The molecule has 1 rings (SSSR count). The van der Waals surface area contributed by atoms with E-state index in [1.165, 1.54) is 6.07 Å². The molecule has 9 heteroatoms. The van der Waals surface area contributed by atoms with Gasteiger partial charge in [0.05, 0.1) is 5.02 Å². The van der Waals surface area contributed by atoms with Crippen LogP contribution in [0.4, 0.5) is 0 Å². The van der Waals surface area contributed by atoms with E-state index in [0.29, 0.717) is 15.8 Å². The molecular weight excluding hydrogens is 354 g/mol. The first-order valence-electron chi connectivity index (χ1n) is 4.78. The van der Waals surface area contributed by atoms with E-state index >= 15 is 0 Å². The molecule has 1 aromatic rings. The van der Waals surface area contributed by atoms with Gasteiger partial charge in [-0.05, 0) is 29.4 Å². The summed E-state index contributed by atoms with van der Waals surface area (Å²) in [7, 11) is 0. The number of hydrogen-bond donors (Lipinski definition) is 2. The van der Waals surface area contributed by atoms with Crippen LogP contribution in [0.25, 0.3) is 0 Å². The first kappa shape index (κ1) is 19.8. The summed E-state index contributed by atoms with van der Waals surface area (Å²) >= 11 is 20.8. The average molecular weight is 363 g/mol. The molecule has 0 aliphatic heterocycles. The van der Waals surface area contributed by atoms with Crippen LogP contribution in [0.2, 0.25) is 10.0 Å². The van der Waals surface area contributed by atoms with Gasteiger partial charge in [0.15, 0.2) is 6.10 Å². The van der Waals surface area contributed by atoms with Crippen molar-refractivity contribution in [2.75, 3.05) is 0 Å². The molecule has 1 atom stereocenters. The zero-order valence-electron chi connectivity index (χ0n) is 10.2. The Kier molecular flexibility index (Phi) is 10.1. The molecule has 0 heterocycles. The summed E-state index contributed by atoms with van der Waals surface area (Å²) in [6, 6.07) is 4.73. The van der Waals surface area contributed by atoms with Gasteiger partial charge < -0.3 is 35.0 Å². The van der Waals surface area contributed by atoms with Crippen molar-refractivity contribution in [1.29, 1.82) is 0 Å². The molecule has 0 saturated carbocycles. The third-order valence-corrected chi connectivity index (χ3v) is 2.59. The molecule has 4 nitrogen and oxygen atoms in total. The first-order chi connectivity index (χ1) is 8.40. The van der Waals surface area contributed by atoms with E-state index in [9.17, 15) is 4.79 Å². The fourth-order valence-corrected chi connectivity index (χ4v) is 1.58. The van der Waals surface area contributed by atoms with Crippen molar-refractivity contribution in [3.63, 3.8) is 0 Å². The van der Waals surface area contributed by atoms with Gasteiger partial charge in [-0.1, -0.05) is 23.2 Å². The van der Waals surface area contributed by atoms with Crippen LogP contribution in [0.1, 0.15) is 6.92 Å². The Labute approximate surface area is 174 Å². The molecule has 2 N–H and O–H groups in total. The summed E-state index contributed by atoms with van der Waals surface area (Å²) < 4.78 is 5.42. The van der Waals surface area contributed by atoms with Gasteiger partial charge in [-0.15, -0.1) is 0 Å².